The van der Waals surface area contributed by atoms with Crippen LogP contribution in [0.4, 0.5) is 4.79 Å². The third-order valence-electron chi connectivity index (χ3n) is 3.26. The number of carbonyl (C=O) groups excluding carboxylic acids is 1. The van der Waals surface area contributed by atoms with Crippen LogP contribution in [0.15, 0.2) is 18.2 Å². The van der Waals surface area contributed by atoms with Crippen LogP contribution >= 0.6 is 0 Å². The lowest BCUT2D eigenvalue weighted by molar-refractivity contribution is 0.0401. The van der Waals surface area contributed by atoms with Crippen LogP contribution in [0.25, 0.3) is 0 Å². The molecule has 5 heteroatoms. The van der Waals surface area contributed by atoms with Crippen LogP contribution in [-0.4, -0.2) is 27.9 Å². The minimum atomic E-state index is -0.835. The molecule has 20 heavy (non-hydrogen) atoms. The van der Waals surface area contributed by atoms with Crippen LogP contribution < -0.4 is 5.32 Å². The minimum Gasteiger partial charge on any atom is -0.508 e. The smallest absolute Gasteiger partial charge is 0.407 e. The van der Waals surface area contributed by atoms with Gasteiger partial charge in [0.05, 0.1) is 12.1 Å². The molecule has 0 unspecified atom stereocenters. The van der Waals surface area contributed by atoms with Gasteiger partial charge in [0.25, 0.3) is 0 Å². The summed E-state index contributed by atoms with van der Waals surface area (Å²) in [5, 5.41) is 22.5. The molecule has 0 bridgehead atoms. The van der Waals surface area contributed by atoms with E-state index in [2.05, 4.69) is 5.32 Å². The van der Waals surface area contributed by atoms with E-state index >= 15 is 0 Å². The van der Waals surface area contributed by atoms with Gasteiger partial charge in [-0.1, -0.05) is 6.07 Å². The van der Waals surface area contributed by atoms with Crippen molar-refractivity contribution in [2.45, 2.75) is 51.4 Å². The number of nitrogens with one attached hydrogen (secondary N) is 1. The first-order valence-electron chi connectivity index (χ1n) is 6.75. The van der Waals surface area contributed by atoms with E-state index in [1.165, 1.54) is 0 Å². The van der Waals surface area contributed by atoms with E-state index < -0.39 is 23.8 Å². The molecule has 1 aliphatic rings. The number of aromatic hydroxyl groups is 1. The van der Waals surface area contributed by atoms with Gasteiger partial charge in [-0.05, 0) is 56.9 Å². The summed E-state index contributed by atoms with van der Waals surface area (Å²) < 4.78 is 5.19. The lowest BCUT2D eigenvalue weighted by Gasteiger charge is -2.31. The number of phenolic OH excluding ortho intramolecular Hbond substituents is 1. The molecule has 3 N–H and O–H groups in total. The Morgan fingerprint density at radius 2 is 2.10 bits per heavy atom. The number of aliphatic hydroxyl groups is 1. The second-order valence-electron chi connectivity index (χ2n) is 6.12. The summed E-state index contributed by atoms with van der Waals surface area (Å²) in [6, 6.07) is 4.55. The molecule has 1 amide bonds. The topological polar surface area (TPSA) is 78.8 Å². The fourth-order valence-corrected chi connectivity index (χ4v) is 2.38. The van der Waals surface area contributed by atoms with Gasteiger partial charge in [-0.15, -0.1) is 0 Å². The molecule has 5 nitrogen and oxygen atoms in total. The van der Waals surface area contributed by atoms with Gasteiger partial charge in [0.2, 0.25) is 0 Å². The van der Waals surface area contributed by atoms with Crippen LogP contribution in [0.1, 0.15) is 44.4 Å². The van der Waals surface area contributed by atoms with Gasteiger partial charge in [0.15, 0.2) is 0 Å². The number of aryl methyl sites for hydroxylation is 1. The normalized spacial score (nSPS) is 22.0. The number of aliphatic hydroxyl groups excluding tert-OH is 1. The number of benzene rings is 1. The molecule has 0 aromatic heterocycles. The van der Waals surface area contributed by atoms with Gasteiger partial charge >= 0.3 is 6.09 Å². The third kappa shape index (κ3) is 3.42. The van der Waals surface area contributed by atoms with Crippen molar-refractivity contribution in [3.8, 4) is 5.75 Å². The van der Waals surface area contributed by atoms with E-state index in [0.717, 1.165) is 12.0 Å². The molecule has 1 aromatic rings. The highest BCUT2D eigenvalue weighted by Gasteiger charge is 2.30. The van der Waals surface area contributed by atoms with Crippen LogP contribution in [0.2, 0.25) is 0 Å². The molecule has 1 aromatic carbocycles. The Kier molecular flexibility index (Phi) is 3.90. The predicted molar refractivity (Wildman–Crippen MR) is 74.5 cm³/mol. The average molecular weight is 279 g/mol. The van der Waals surface area contributed by atoms with Crippen LogP contribution in [0, 0.1) is 0 Å². The number of rotatable bonds is 1. The molecule has 0 heterocycles. The number of fused-ring (bicyclic) bond motifs is 1. The summed E-state index contributed by atoms with van der Waals surface area (Å²) in [5.41, 5.74) is 1.09. The van der Waals surface area contributed by atoms with Crippen molar-refractivity contribution in [2.24, 2.45) is 0 Å². The maximum absolute atomic E-state index is 11.8. The first-order chi connectivity index (χ1) is 9.26. The number of hydrogen-bond donors (Lipinski definition) is 3. The molecule has 2 rings (SSSR count). The zero-order valence-corrected chi connectivity index (χ0v) is 12.0. The molecule has 0 spiro atoms. The van der Waals surface area contributed by atoms with Crippen molar-refractivity contribution < 1.29 is 19.7 Å². The number of phenols is 1. The van der Waals surface area contributed by atoms with E-state index in [-0.39, 0.29) is 5.75 Å². The fraction of sp³-hybridized carbons (Fsp3) is 0.533. The molecular weight excluding hydrogens is 258 g/mol. The Morgan fingerprint density at radius 1 is 1.40 bits per heavy atom. The highest BCUT2D eigenvalue weighted by atomic mass is 16.6. The zero-order chi connectivity index (χ0) is 14.9. The molecule has 110 valence electrons. The molecule has 0 saturated carbocycles. The summed E-state index contributed by atoms with van der Waals surface area (Å²) in [7, 11) is 0. The van der Waals surface area contributed by atoms with Gasteiger partial charge in [-0.2, -0.15) is 0 Å². The van der Waals surface area contributed by atoms with Gasteiger partial charge in [0.1, 0.15) is 11.4 Å². The summed E-state index contributed by atoms with van der Waals surface area (Å²) >= 11 is 0. The van der Waals surface area contributed by atoms with Crippen LogP contribution in [0.5, 0.6) is 5.75 Å². The monoisotopic (exact) mass is 279 g/mol. The first-order valence-corrected chi connectivity index (χ1v) is 6.75. The quantitative estimate of drug-likeness (QED) is 0.737. The van der Waals surface area contributed by atoms with Gasteiger partial charge < -0.3 is 20.3 Å². The number of hydrogen-bond acceptors (Lipinski definition) is 4. The predicted octanol–water partition coefficient (Wildman–Crippen LogP) is 2.27. The number of ether oxygens (including phenoxy) is 1. The summed E-state index contributed by atoms with van der Waals surface area (Å²) in [6.07, 6.45) is 0.00854. The second-order valence-corrected chi connectivity index (χ2v) is 6.12. The lowest BCUT2D eigenvalue weighted by Crippen LogP contribution is -2.44. The molecule has 1 aliphatic carbocycles. The van der Waals surface area contributed by atoms with E-state index in [9.17, 15) is 15.0 Å². The van der Waals surface area contributed by atoms with E-state index in [1.807, 2.05) is 0 Å². The number of alkyl carbamates (subject to hydrolysis) is 1. The van der Waals surface area contributed by atoms with Crippen molar-refractivity contribution >= 4 is 6.09 Å². The minimum absolute atomic E-state index is 0.112. The van der Waals surface area contributed by atoms with E-state index in [1.54, 1.807) is 39.0 Å². The Hall–Kier alpha value is -1.75. The molecule has 0 saturated heterocycles. The van der Waals surface area contributed by atoms with Gasteiger partial charge in [0, 0.05) is 0 Å². The Morgan fingerprint density at radius 3 is 2.75 bits per heavy atom. The largest absolute Gasteiger partial charge is 0.508 e. The van der Waals surface area contributed by atoms with Gasteiger partial charge in [-0.25, -0.2) is 4.79 Å². The maximum atomic E-state index is 11.8. The Balaban J connectivity index is 2.07. The molecule has 0 aliphatic heterocycles. The van der Waals surface area contributed by atoms with E-state index in [4.69, 9.17) is 4.74 Å². The van der Waals surface area contributed by atoms with E-state index in [0.29, 0.717) is 12.0 Å². The molecule has 0 fully saturated rings. The highest BCUT2D eigenvalue weighted by molar-refractivity contribution is 5.68. The highest BCUT2D eigenvalue weighted by Crippen LogP contribution is 2.32. The van der Waals surface area contributed by atoms with Crippen LogP contribution in [0.3, 0.4) is 0 Å². The van der Waals surface area contributed by atoms with Crippen molar-refractivity contribution in [3.05, 3.63) is 29.3 Å². The van der Waals surface area contributed by atoms with Crippen molar-refractivity contribution in [3.63, 3.8) is 0 Å². The Bertz CT molecular complexity index is 507. The standard InChI is InChI=1S/C15H21NO4/c1-15(2,3)20-14(19)16-12-7-5-9-4-6-10(17)8-11(9)13(12)18/h4,6,8,12-13,17-18H,5,7H2,1-3H3,(H,16,19)/t12-,13-/m0/s1. The molecule has 0 radical (unpaired) electrons. The fourth-order valence-electron chi connectivity index (χ4n) is 2.38. The van der Waals surface area contributed by atoms with Crippen LogP contribution in [-0.2, 0) is 11.2 Å². The van der Waals surface area contributed by atoms with Crippen molar-refractivity contribution in [2.75, 3.05) is 0 Å². The Labute approximate surface area is 118 Å². The maximum Gasteiger partial charge on any atom is 0.407 e. The van der Waals surface area contributed by atoms with Gasteiger partial charge in [-0.3, -0.25) is 0 Å². The van der Waals surface area contributed by atoms with Crippen molar-refractivity contribution in [1.29, 1.82) is 0 Å². The SMILES string of the molecule is CC(C)(C)OC(=O)N[C@H]1CCc2ccc(O)cc2[C@@H]1O. The zero-order valence-electron chi connectivity index (χ0n) is 12.0. The number of carbonyl (C=O) groups is 1. The summed E-state index contributed by atoms with van der Waals surface area (Å²) in [4.78, 5) is 11.8. The van der Waals surface area contributed by atoms with Crippen molar-refractivity contribution in [1.82, 2.24) is 5.32 Å². The molecule has 2 atom stereocenters. The lowest BCUT2D eigenvalue weighted by atomic mass is 9.86. The summed E-state index contributed by atoms with van der Waals surface area (Å²) in [6.45, 7) is 5.37. The molecular formula is C15H21NO4. The average Bonchev–Trinajstić information content (AvgIpc) is 2.31. The summed E-state index contributed by atoms with van der Waals surface area (Å²) in [5.74, 6) is 0.112. The second kappa shape index (κ2) is 5.32. The number of amides is 1. The first kappa shape index (κ1) is 14.7. The third-order valence-corrected chi connectivity index (χ3v) is 3.26.